The summed E-state index contributed by atoms with van der Waals surface area (Å²) in [7, 11) is 0. The summed E-state index contributed by atoms with van der Waals surface area (Å²) in [5.74, 6) is 1.59. The third-order valence-electron chi connectivity index (χ3n) is 4.19. The maximum Gasteiger partial charge on any atom is 0.0295 e. The number of pyridine rings is 1. The molecular weight excluding hydrogens is 208 g/mol. The smallest absolute Gasteiger partial charge is 0.0295 e. The molecule has 1 aromatic heterocycles. The Morgan fingerprint density at radius 2 is 1.76 bits per heavy atom. The molecule has 1 aliphatic carbocycles. The van der Waals surface area contributed by atoms with Crippen LogP contribution in [0.25, 0.3) is 0 Å². The van der Waals surface area contributed by atoms with Crippen molar-refractivity contribution in [2.45, 2.75) is 52.1 Å². The lowest BCUT2D eigenvalue weighted by atomic mass is 9.78. The molecule has 0 radical (unpaired) electrons. The molecule has 0 aromatic carbocycles. The number of rotatable bonds is 3. The second-order valence-electron chi connectivity index (χ2n) is 5.58. The standard InChI is InChI=1S/C15H24N2/c1-11-5-4-6-12(2)15(11)17-13(3)14-7-9-16-10-8-14/h7-13,15,17H,4-6H2,1-3H3/t11?,12?,13-,15?/m0/s1. The van der Waals surface area contributed by atoms with Gasteiger partial charge in [0.2, 0.25) is 0 Å². The van der Waals surface area contributed by atoms with Crippen LogP contribution in [0.4, 0.5) is 0 Å². The molecule has 0 aliphatic heterocycles. The molecule has 0 spiro atoms. The van der Waals surface area contributed by atoms with Crippen LogP contribution in [0.1, 0.15) is 51.6 Å². The van der Waals surface area contributed by atoms with Gasteiger partial charge in [-0.1, -0.05) is 20.3 Å². The van der Waals surface area contributed by atoms with Gasteiger partial charge in [-0.05, 0) is 49.3 Å². The van der Waals surface area contributed by atoms with Gasteiger partial charge in [-0.15, -0.1) is 0 Å². The Morgan fingerprint density at radius 3 is 2.35 bits per heavy atom. The molecule has 0 bridgehead atoms. The molecule has 1 N–H and O–H groups in total. The zero-order valence-electron chi connectivity index (χ0n) is 11.2. The van der Waals surface area contributed by atoms with Crippen molar-refractivity contribution in [3.63, 3.8) is 0 Å². The van der Waals surface area contributed by atoms with E-state index in [2.05, 4.69) is 43.2 Å². The largest absolute Gasteiger partial charge is 0.307 e. The van der Waals surface area contributed by atoms with Crippen molar-refractivity contribution < 1.29 is 0 Å². The number of nitrogens with zero attached hydrogens (tertiary/aromatic N) is 1. The van der Waals surface area contributed by atoms with Crippen molar-refractivity contribution in [1.82, 2.24) is 10.3 Å². The molecule has 1 fully saturated rings. The van der Waals surface area contributed by atoms with Gasteiger partial charge in [0.05, 0.1) is 0 Å². The highest BCUT2D eigenvalue weighted by Gasteiger charge is 2.28. The molecule has 1 heterocycles. The average molecular weight is 232 g/mol. The fourth-order valence-electron chi connectivity index (χ4n) is 3.05. The molecule has 2 rings (SSSR count). The van der Waals surface area contributed by atoms with E-state index >= 15 is 0 Å². The number of hydrogen-bond acceptors (Lipinski definition) is 2. The summed E-state index contributed by atoms with van der Waals surface area (Å²) in [6.07, 6.45) is 7.88. The highest BCUT2D eigenvalue weighted by Crippen LogP contribution is 2.30. The Kier molecular flexibility index (Phi) is 4.16. The predicted octanol–water partition coefficient (Wildman–Crippen LogP) is 3.56. The molecule has 1 aromatic rings. The van der Waals surface area contributed by atoms with Gasteiger partial charge in [0.1, 0.15) is 0 Å². The van der Waals surface area contributed by atoms with E-state index in [1.165, 1.54) is 24.8 Å². The molecule has 17 heavy (non-hydrogen) atoms. The molecule has 0 saturated heterocycles. The summed E-state index contributed by atoms with van der Waals surface area (Å²) in [4.78, 5) is 4.08. The van der Waals surface area contributed by atoms with Crippen molar-refractivity contribution in [2.24, 2.45) is 11.8 Å². The average Bonchev–Trinajstić information content (AvgIpc) is 2.35. The van der Waals surface area contributed by atoms with Gasteiger partial charge in [0.15, 0.2) is 0 Å². The maximum absolute atomic E-state index is 4.08. The summed E-state index contributed by atoms with van der Waals surface area (Å²) >= 11 is 0. The van der Waals surface area contributed by atoms with Crippen molar-refractivity contribution in [3.8, 4) is 0 Å². The van der Waals surface area contributed by atoms with Crippen molar-refractivity contribution in [2.75, 3.05) is 0 Å². The first-order valence-electron chi connectivity index (χ1n) is 6.84. The monoisotopic (exact) mass is 232 g/mol. The van der Waals surface area contributed by atoms with Crippen LogP contribution in [0.5, 0.6) is 0 Å². The number of nitrogens with one attached hydrogen (secondary N) is 1. The van der Waals surface area contributed by atoms with Crippen LogP contribution >= 0.6 is 0 Å². The molecule has 1 aliphatic rings. The minimum atomic E-state index is 0.422. The minimum absolute atomic E-state index is 0.422. The van der Waals surface area contributed by atoms with Gasteiger partial charge < -0.3 is 5.32 Å². The zero-order valence-corrected chi connectivity index (χ0v) is 11.2. The second kappa shape index (κ2) is 5.63. The molecule has 2 heteroatoms. The first kappa shape index (κ1) is 12.6. The van der Waals surface area contributed by atoms with Gasteiger partial charge in [0, 0.05) is 24.5 Å². The van der Waals surface area contributed by atoms with Crippen LogP contribution in [0, 0.1) is 11.8 Å². The van der Waals surface area contributed by atoms with E-state index in [1.807, 2.05) is 12.4 Å². The van der Waals surface area contributed by atoms with Gasteiger partial charge in [-0.3, -0.25) is 4.98 Å². The molecule has 94 valence electrons. The van der Waals surface area contributed by atoms with Crippen LogP contribution < -0.4 is 5.32 Å². The van der Waals surface area contributed by atoms with Gasteiger partial charge >= 0.3 is 0 Å². The Bertz CT molecular complexity index is 326. The van der Waals surface area contributed by atoms with E-state index in [0.717, 1.165) is 11.8 Å². The summed E-state index contributed by atoms with van der Waals surface area (Å²) in [5, 5.41) is 3.81. The van der Waals surface area contributed by atoms with Crippen LogP contribution in [-0.4, -0.2) is 11.0 Å². The third-order valence-corrected chi connectivity index (χ3v) is 4.19. The Morgan fingerprint density at radius 1 is 1.18 bits per heavy atom. The van der Waals surface area contributed by atoms with Crippen molar-refractivity contribution >= 4 is 0 Å². The van der Waals surface area contributed by atoms with Gasteiger partial charge in [-0.2, -0.15) is 0 Å². The lowest BCUT2D eigenvalue weighted by Crippen LogP contribution is -2.43. The molecule has 1 saturated carbocycles. The van der Waals surface area contributed by atoms with Crippen LogP contribution in [0.2, 0.25) is 0 Å². The zero-order chi connectivity index (χ0) is 12.3. The molecule has 3 atom stereocenters. The predicted molar refractivity (Wildman–Crippen MR) is 71.8 cm³/mol. The lowest BCUT2D eigenvalue weighted by Gasteiger charge is -2.37. The van der Waals surface area contributed by atoms with Gasteiger partial charge in [-0.25, -0.2) is 0 Å². The van der Waals surface area contributed by atoms with Crippen LogP contribution in [0.3, 0.4) is 0 Å². The van der Waals surface area contributed by atoms with Crippen LogP contribution in [-0.2, 0) is 0 Å². The number of aromatic nitrogens is 1. The summed E-state index contributed by atoms with van der Waals surface area (Å²) in [5.41, 5.74) is 1.34. The van der Waals surface area contributed by atoms with E-state index < -0.39 is 0 Å². The minimum Gasteiger partial charge on any atom is -0.307 e. The Balaban J connectivity index is 2.00. The quantitative estimate of drug-likeness (QED) is 0.862. The first-order chi connectivity index (χ1) is 8.18. The SMILES string of the molecule is CC1CCCC(C)C1N[C@@H](C)c1ccncc1. The topological polar surface area (TPSA) is 24.9 Å². The van der Waals surface area contributed by atoms with E-state index in [0.29, 0.717) is 12.1 Å². The lowest BCUT2D eigenvalue weighted by molar-refractivity contribution is 0.196. The highest BCUT2D eigenvalue weighted by molar-refractivity contribution is 5.14. The molecule has 2 unspecified atom stereocenters. The normalized spacial score (nSPS) is 31.1. The van der Waals surface area contributed by atoms with E-state index in [1.54, 1.807) is 0 Å². The summed E-state index contributed by atoms with van der Waals surface area (Å²) in [6.45, 7) is 7.02. The van der Waals surface area contributed by atoms with Gasteiger partial charge in [0.25, 0.3) is 0 Å². The van der Waals surface area contributed by atoms with E-state index in [9.17, 15) is 0 Å². The maximum atomic E-state index is 4.08. The fraction of sp³-hybridized carbons (Fsp3) is 0.667. The summed E-state index contributed by atoms with van der Waals surface area (Å²) < 4.78 is 0. The molecule has 2 nitrogen and oxygen atoms in total. The number of hydrogen-bond donors (Lipinski definition) is 1. The highest BCUT2D eigenvalue weighted by atomic mass is 15.0. The second-order valence-corrected chi connectivity index (χ2v) is 5.58. The first-order valence-corrected chi connectivity index (χ1v) is 6.84. The van der Waals surface area contributed by atoms with E-state index in [4.69, 9.17) is 0 Å². The van der Waals surface area contributed by atoms with Crippen molar-refractivity contribution in [3.05, 3.63) is 30.1 Å². The Labute approximate surface area is 105 Å². The van der Waals surface area contributed by atoms with E-state index in [-0.39, 0.29) is 0 Å². The fourth-order valence-corrected chi connectivity index (χ4v) is 3.05. The Hall–Kier alpha value is -0.890. The third kappa shape index (κ3) is 3.06. The molecule has 0 amide bonds. The molecular formula is C15H24N2. The van der Waals surface area contributed by atoms with Crippen molar-refractivity contribution in [1.29, 1.82) is 0 Å². The van der Waals surface area contributed by atoms with Crippen LogP contribution in [0.15, 0.2) is 24.5 Å². The summed E-state index contributed by atoms with van der Waals surface area (Å²) in [6, 6.07) is 5.30.